The van der Waals surface area contributed by atoms with Crippen LogP contribution in [0.3, 0.4) is 0 Å². The quantitative estimate of drug-likeness (QED) is 0.772. The van der Waals surface area contributed by atoms with Gasteiger partial charge in [0.2, 0.25) is 0 Å². The lowest BCUT2D eigenvalue weighted by Gasteiger charge is -2.30. The van der Waals surface area contributed by atoms with Crippen LogP contribution in [-0.4, -0.2) is 13.1 Å². The molecule has 0 fully saturated rings. The Balaban J connectivity index is 2.28. The third-order valence-corrected chi connectivity index (χ3v) is 4.34. The van der Waals surface area contributed by atoms with E-state index >= 15 is 0 Å². The molecular formula is C13H19NS. The second-order valence-electron chi connectivity index (χ2n) is 4.41. The minimum absolute atomic E-state index is 0.443. The summed E-state index contributed by atoms with van der Waals surface area (Å²) in [5, 5.41) is 5.64. The number of rotatable bonds is 3. The normalized spacial score (nSPS) is 22.1. The van der Waals surface area contributed by atoms with E-state index in [-0.39, 0.29) is 0 Å². The largest absolute Gasteiger partial charge is 0.313 e. The summed E-state index contributed by atoms with van der Waals surface area (Å²) in [6.07, 6.45) is 3.89. The van der Waals surface area contributed by atoms with Gasteiger partial charge in [-0.25, -0.2) is 0 Å². The average Bonchev–Trinajstić information content (AvgIpc) is 2.66. The van der Waals surface area contributed by atoms with Crippen molar-refractivity contribution >= 4 is 11.3 Å². The Morgan fingerprint density at radius 1 is 1.67 bits per heavy atom. The van der Waals surface area contributed by atoms with Crippen molar-refractivity contribution < 1.29 is 0 Å². The van der Waals surface area contributed by atoms with Crippen LogP contribution < -0.4 is 5.32 Å². The highest BCUT2D eigenvalue weighted by Gasteiger charge is 2.27. The second-order valence-corrected chi connectivity index (χ2v) is 5.41. The summed E-state index contributed by atoms with van der Waals surface area (Å²) in [7, 11) is 2.04. The van der Waals surface area contributed by atoms with Gasteiger partial charge < -0.3 is 5.32 Å². The minimum Gasteiger partial charge on any atom is -0.313 e. The number of aryl methyl sites for hydroxylation is 1. The van der Waals surface area contributed by atoms with Gasteiger partial charge in [0.1, 0.15) is 0 Å². The molecule has 1 aliphatic carbocycles. The van der Waals surface area contributed by atoms with Crippen molar-refractivity contribution in [3.05, 3.63) is 34.0 Å². The number of hydrogen-bond donors (Lipinski definition) is 1. The molecule has 1 aromatic rings. The first-order valence-corrected chi connectivity index (χ1v) is 6.51. The van der Waals surface area contributed by atoms with Gasteiger partial charge in [-0.05, 0) is 50.2 Å². The minimum atomic E-state index is 0.443. The number of thiophene rings is 1. The Labute approximate surface area is 96.2 Å². The molecule has 1 aliphatic rings. The van der Waals surface area contributed by atoms with E-state index in [4.69, 9.17) is 0 Å². The van der Waals surface area contributed by atoms with Gasteiger partial charge in [0.05, 0.1) is 0 Å². The fourth-order valence-corrected chi connectivity index (χ4v) is 3.66. The van der Waals surface area contributed by atoms with Gasteiger partial charge in [-0.3, -0.25) is 0 Å². The highest BCUT2D eigenvalue weighted by Crippen LogP contribution is 2.38. The summed E-state index contributed by atoms with van der Waals surface area (Å²) >= 11 is 1.91. The lowest BCUT2D eigenvalue weighted by molar-refractivity contribution is 0.457. The van der Waals surface area contributed by atoms with Gasteiger partial charge >= 0.3 is 0 Å². The molecule has 82 valence electrons. The second kappa shape index (κ2) is 4.50. The average molecular weight is 221 g/mol. The molecule has 2 unspecified atom stereocenters. The van der Waals surface area contributed by atoms with Crippen LogP contribution in [0.4, 0.5) is 0 Å². The number of hydrogen-bond acceptors (Lipinski definition) is 2. The van der Waals surface area contributed by atoms with Crippen LogP contribution in [0.15, 0.2) is 23.6 Å². The Morgan fingerprint density at radius 3 is 3.13 bits per heavy atom. The summed E-state index contributed by atoms with van der Waals surface area (Å²) in [6.45, 7) is 6.23. The first kappa shape index (κ1) is 10.9. The fourth-order valence-electron chi connectivity index (χ4n) is 2.66. The maximum atomic E-state index is 4.10. The molecule has 2 rings (SSSR count). The van der Waals surface area contributed by atoms with Crippen LogP contribution in [0.1, 0.15) is 36.1 Å². The zero-order valence-corrected chi connectivity index (χ0v) is 10.4. The number of likely N-dealkylation sites (N-methyl/N-ethyl adjacent to an activating group) is 1. The van der Waals surface area contributed by atoms with Crippen molar-refractivity contribution in [2.24, 2.45) is 0 Å². The van der Waals surface area contributed by atoms with Crippen LogP contribution in [0.25, 0.3) is 0 Å². The van der Waals surface area contributed by atoms with E-state index in [0.717, 1.165) is 0 Å². The van der Waals surface area contributed by atoms with E-state index in [1.807, 2.05) is 18.4 Å². The lowest BCUT2D eigenvalue weighted by Crippen LogP contribution is -2.34. The Kier molecular flexibility index (Phi) is 3.27. The van der Waals surface area contributed by atoms with Crippen LogP contribution in [0, 0.1) is 0 Å². The smallest absolute Gasteiger partial charge is 0.0341 e. The van der Waals surface area contributed by atoms with Gasteiger partial charge in [-0.1, -0.05) is 12.2 Å². The van der Waals surface area contributed by atoms with Crippen molar-refractivity contribution in [1.82, 2.24) is 5.32 Å². The predicted molar refractivity (Wildman–Crippen MR) is 67.7 cm³/mol. The lowest BCUT2D eigenvalue weighted by atomic mass is 9.80. The Morgan fingerprint density at radius 2 is 2.47 bits per heavy atom. The molecule has 15 heavy (non-hydrogen) atoms. The SMILES string of the molecule is C=C(C)C(NC)C1CCCc2sccc21. The van der Waals surface area contributed by atoms with E-state index in [1.54, 1.807) is 10.4 Å². The number of fused-ring (bicyclic) bond motifs is 1. The highest BCUT2D eigenvalue weighted by atomic mass is 32.1. The van der Waals surface area contributed by atoms with Crippen LogP contribution >= 0.6 is 11.3 Å². The van der Waals surface area contributed by atoms with E-state index in [2.05, 4.69) is 30.3 Å². The maximum absolute atomic E-state index is 4.10. The summed E-state index contributed by atoms with van der Waals surface area (Å²) in [4.78, 5) is 1.59. The maximum Gasteiger partial charge on any atom is 0.0341 e. The standard InChI is InChI=1S/C13H19NS/c1-9(2)13(14-3)11-5-4-6-12-10(11)7-8-15-12/h7-8,11,13-14H,1,4-6H2,2-3H3. The first-order valence-electron chi connectivity index (χ1n) is 5.63. The molecule has 1 aromatic heterocycles. The van der Waals surface area contributed by atoms with Crippen LogP contribution in [0.5, 0.6) is 0 Å². The molecule has 1 heterocycles. The molecule has 0 saturated carbocycles. The monoisotopic (exact) mass is 221 g/mol. The molecule has 1 N–H and O–H groups in total. The molecule has 0 aromatic carbocycles. The molecule has 0 amide bonds. The van der Waals surface area contributed by atoms with Crippen LogP contribution in [-0.2, 0) is 6.42 Å². The Bertz CT molecular complexity index is 353. The molecule has 1 nitrogen and oxygen atoms in total. The molecule has 0 spiro atoms. The molecule has 0 bridgehead atoms. The van der Waals surface area contributed by atoms with Crippen molar-refractivity contribution in [2.45, 2.75) is 38.1 Å². The van der Waals surface area contributed by atoms with Gasteiger partial charge in [-0.15, -0.1) is 11.3 Å². The van der Waals surface area contributed by atoms with Gasteiger partial charge in [0.25, 0.3) is 0 Å². The van der Waals surface area contributed by atoms with Crippen molar-refractivity contribution in [3.63, 3.8) is 0 Å². The van der Waals surface area contributed by atoms with Gasteiger partial charge in [-0.2, -0.15) is 0 Å². The molecule has 0 saturated heterocycles. The summed E-state index contributed by atoms with van der Waals surface area (Å²) in [5.41, 5.74) is 2.81. The molecule has 0 aliphatic heterocycles. The predicted octanol–water partition coefficient (Wildman–Crippen LogP) is 3.33. The van der Waals surface area contributed by atoms with Crippen molar-refractivity contribution in [1.29, 1.82) is 0 Å². The van der Waals surface area contributed by atoms with E-state index < -0.39 is 0 Å². The van der Waals surface area contributed by atoms with Crippen LogP contribution in [0.2, 0.25) is 0 Å². The highest BCUT2D eigenvalue weighted by molar-refractivity contribution is 7.10. The summed E-state index contributed by atoms with van der Waals surface area (Å²) in [5.74, 6) is 0.641. The molecular weight excluding hydrogens is 202 g/mol. The molecule has 2 atom stereocenters. The topological polar surface area (TPSA) is 12.0 Å². The van der Waals surface area contributed by atoms with Crippen molar-refractivity contribution in [3.8, 4) is 0 Å². The number of nitrogens with one attached hydrogen (secondary N) is 1. The van der Waals surface area contributed by atoms with E-state index in [9.17, 15) is 0 Å². The van der Waals surface area contributed by atoms with Crippen molar-refractivity contribution in [2.75, 3.05) is 7.05 Å². The fraction of sp³-hybridized carbons (Fsp3) is 0.538. The van der Waals surface area contributed by atoms with E-state index in [1.165, 1.54) is 24.8 Å². The molecule has 0 radical (unpaired) electrons. The zero-order valence-electron chi connectivity index (χ0n) is 9.55. The summed E-state index contributed by atoms with van der Waals surface area (Å²) < 4.78 is 0. The molecule has 2 heteroatoms. The van der Waals surface area contributed by atoms with E-state index in [0.29, 0.717) is 12.0 Å². The summed E-state index contributed by atoms with van der Waals surface area (Å²) in [6, 6.07) is 2.75. The Hall–Kier alpha value is -0.600. The third kappa shape index (κ3) is 2.01. The van der Waals surface area contributed by atoms with Gasteiger partial charge in [0, 0.05) is 16.8 Å². The third-order valence-electron chi connectivity index (χ3n) is 3.34. The van der Waals surface area contributed by atoms with Gasteiger partial charge in [0.15, 0.2) is 0 Å². The first-order chi connectivity index (χ1) is 7.24. The zero-order chi connectivity index (χ0) is 10.8.